The van der Waals surface area contributed by atoms with Gasteiger partial charge in [0.15, 0.2) is 0 Å². The minimum atomic E-state index is -5.08. The molecule has 0 radical (unpaired) electrons. The van der Waals surface area contributed by atoms with E-state index in [0.717, 1.165) is 25.9 Å². The van der Waals surface area contributed by atoms with Gasteiger partial charge in [-0.3, -0.25) is 4.79 Å². The lowest BCUT2D eigenvalue weighted by Crippen LogP contribution is -2.33. The van der Waals surface area contributed by atoms with Crippen LogP contribution in [0.15, 0.2) is 42.5 Å². The number of nitrogens with zero attached hydrogens (tertiary/aromatic N) is 1. The number of anilines is 2. The van der Waals surface area contributed by atoms with Crippen molar-refractivity contribution in [3.8, 4) is 0 Å². The molecule has 1 aliphatic rings. The van der Waals surface area contributed by atoms with Gasteiger partial charge in [-0.25, -0.2) is 9.59 Å². The number of aromatic carboxylic acids is 1. The summed E-state index contributed by atoms with van der Waals surface area (Å²) in [7, 11) is 0. The monoisotopic (exact) mass is 486 g/mol. The molecule has 0 atom stereocenters. The van der Waals surface area contributed by atoms with E-state index < -0.39 is 18.1 Å². The lowest BCUT2D eigenvalue weighted by Gasteiger charge is -2.33. The molecule has 11 heteroatoms. The molecule has 0 bridgehead atoms. The Morgan fingerprint density at radius 2 is 1.58 bits per heavy atom. The van der Waals surface area contributed by atoms with Gasteiger partial charge in [0, 0.05) is 29.4 Å². The molecule has 1 fully saturated rings. The van der Waals surface area contributed by atoms with Gasteiger partial charge in [-0.2, -0.15) is 13.2 Å². The van der Waals surface area contributed by atoms with Gasteiger partial charge in [0.1, 0.15) is 0 Å². The van der Waals surface area contributed by atoms with Gasteiger partial charge in [0.2, 0.25) is 0 Å². The van der Waals surface area contributed by atoms with Crippen molar-refractivity contribution in [1.29, 1.82) is 0 Å². The number of halogens is 4. The number of carboxylic acid groups (broad SMARTS) is 2. The number of hydrogen-bond acceptors (Lipinski definition) is 4. The Morgan fingerprint density at radius 3 is 2.06 bits per heavy atom. The van der Waals surface area contributed by atoms with Crippen molar-refractivity contribution in [3.05, 3.63) is 58.6 Å². The van der Waals surface area contributed by atoms with E-state index in [4.69, 9.17) is 21.5 Å². The lowest BCUT2D eigenvalue weighted by molar-refractivity contribution is -0.192. The summed E-state index contributed by atoms with van der Waals surface area (Å²) < 4.78 is 31.7. The molecule has 0 aliphatic carbocycles. The number of benzene rings is 2. The topological polar surface area (TPSA) is 107 Å². The molecule has 7 nitrogen and oxygen atoms in total. The van der Waals surface area contributed by atoms with E-state index in [1.165, 1.54) is 6.07 Å². The molecular formula is C22H22ClF3N2O5. The van der Waals surface area contributed by atoms with Crippen molar-refractivity contribution in [3.63, 3.8) is 0 Å². The Bertz CT molecular complexity index is 1000. The average Bonchev–Trinajstić information content (AvgIpc) is 2.74. The van der Waals surface area contributed by atoms with E-state index >= 15 is 0 Å². The highest BCUT2D eigenvalue weighted by atomic mass is 35.5. The first-order chi connectivity index (χ1) is 15.4. The summed E-state index contributed by atoms with van der Waals surface area (Å²) in [6.07, 6.45) is -2.98. The summed E-state index contributed by atoms with van der Waals surface area (Å²) in [5.41, 5.74) is 1.82. The normalized spacial score (nSPS) is 14.2. The summed E-state index contributed by atoms with van der Waals surface area (Å²) >= 11 is 5.83. The van der Waals surface area contributed by atoms with Gasteiger partial charge in [0.05, 0.1) is 11.3 Å². The first-order valence-corrected chi connectivity index (χ1v) is 10.3. The summed E-state index contributed by atoms with van der Waals surface area (Å²) in [4.78, 5) is 35.0. The summed E-state index contributed by atoms with van der Waals surface area (Å²) in [6.45, 7) is 3.90. The minimum absolute atomic E-state index is 0.202. The maximum Gasteiger partial charge on any atom is 0.490 e. The van der Waals surface area contributed by atoms with Crippen LogP contribution < -0.4 is 10.2 Å². The molecule has 0 unspecified atom stereocenters. The zero-order chi connectivity index (χ0) is 24.8. The second-order valence-electron chi connectivity index (χ2n) is 7.47. The number of piperidine rings is 1. The number of carbonyl (C=O) groups is 3. The van der Waals surface area contributed by atoms with Crippen molar-refractivity contribution in [2.45, 2.75) is 25.9 Å². The predicted molar refractivity (Wildman–Crippen MR) is 117 cm³/mol. The number of rotatable bonds is 4. The highest BCUT2D eigenvalue weighted by molar-refractivity contribution is 6.30. The maximum atomic E-state index is 12.3. The van der Waals surface area contributed by atoms with Crippen molar-refractivity contribution < 1.29 is 37.8 Å². The molecule has 178 valence electrons. The number of carboxylic acids is 2. The van der Waals surface area contributed by atoms with Gasteiger partial charge in [-0.15, -0.1) is 0 Å². The van der Waals surface area contributed by atoms with E-state index in [9.17, 15) is 27.9 Å². The van der Waals surface area contributed by atoms with Crippen LogP contribution in [0.5, 0.6) is 0 Å². The highest BCUT2D eigenvalue weighted by Gasteiger charge is 2.38. The van der Waals surface area contributed by atoms with Crippen LogP contribution in [0.2, 0.25) is 5.02 Å². The smallest absolute Gasteiger partial charge is 0.478 e. The number of hydrogen-bond donors (Lipinski definition) is 3. The van der Waals surface area contributed by atoms with Crippen LogP contribution in [0, 0.1) is 5.92 Å². The van der Waals surface area contributed by atoms with Crippen molar-refractivity contribution >= 4 is 40.8 Å². The first-order valence-electron chi connectivity index (χ1n) is 9.87. The highest BCUT2D eigenvalue weighted by Crippen LogP contribution is 2.29. The Morgan fingerprint density at radius 1 is 1.03 bits per heavy atom. The standard InChI is InChI=1S/C20H21ClN2O3.C2HF3O2/c1-13-8-10-23(11-9-13)18-7-6-16(12-17(18)20(25)26)22-19(24)14-2-4-15(21)5-3-14;3-2(4,5)1(6)7/h2-7,12-13H,8-11H2,1H3,(H,22,24)(H,25,26);(H,6,7). The van der Waals surface area contributed by atoms with Gasteiger partial charge >= 0.3 is 18.1 Å². The van der Waals surface area contributed by atoms with Gasteiger partial charge in [-0.1, -0.05) is 18.5 Å². The van der Waals surface area contributed by atoms with E-state index in [-0.39, 0.29) is 11.5 Å². The number of amides is 1. The number of carbonyl (C=O) groups excluding carboxylic acids is 1. The molecule has 0 spiro atoms. The van der Waals surface area contributed by atoms with Crippen LogP contribution in [-0.2, 0) is 4.79 Å². The van der Waals surface area contributed by atoms with Gasteiger partial charge in [-0.05, 0) is 61.2 Å². The molecule has 1 aliphatic heterocycles. The fourth-order valence-electron chi connectivity index (χ4n) is 3.11. The summed E-state index contributed by atoms with van der Waals surface area (Å²) in [5.74, 6) is -3.40. The third-order valence-corrected chi connectivity index (χ3v) is 5.21. The molecule has 33 heavy (non-hydrogen) atoms. The van der Waals surface area contributed by atoms with E-state index in [1.54, 1.807) is 36.4 Å². The van der Waals surface area contributed by atoms with Crippen molar-refractivity contribution in [2.75, 3.05) is 23.3 Å². The molecule has 0 saturated carbocycles. The van der Waals surface area contributed by atoms with Crippen molar-refractivity contribution in [1.82, 2.24) is 0 Å². The third kappa shape index (κ3) is 7.67. The molecule has 2 aromatic rings. The molecule has 0 aromatic heterocycles. The summed E-state index contributed by atoms with van der Waals surface area (Å²) in [6, 6.07) is 11.6. The zero-order valence-corrected chi connectivity index (χ0v) is 18.3. The lowest BCUT2D eigenvalue weighted by atomic mass is 9.98. The minimum Gasteiger partial charge on any atom is -0.478 e. The number of nitrogens with one attached hydrogen (secondary N) is 1. The number of alkyl halides is 3. The third-order valence-electron chi connectivity index (χ3n) is 4.96. The van der Waals surface area contributed by atoms with Crippen LogP contribution in [0.25, 0.3) is 0 Å². The first kappa shape index (κ1) is 26.0. The number of aliphatic carboxylic acids is 1. The van der Waals surface area contributed by atoms with Crippen molar-refractivity contribution in [2.24, 2.45) is 5.92 Å². The zero-order valence-electron chi connectivity index (χ0n) is 17.5. The fourth-order valence-corrected chi connectivity index (χ4v) is 3.24. The van der Waals surface area contributed by atoms with Gasteiger partial charge < -0.3 is 20.4 Å². The van der Waals surface area contributed by atoms with Crippen LogP contribution in [0.1, 0.15) is 40.5 Å². The molecule has 1 amide bonds. The predicted octanol–water partition coefficient (Wildman–Crippen LogP) is 5.16. The maximum absolute atomic E-state index is 12.3. The Labute approximate surface area is 192 Å². The second-order valence-corrected chi connectivity index (χ2v) is 7.91. The average molecular weight is 487 g/mol. The quantitative estimate of drug-likeness (QED) is 0.551. The van der Waals surface area contributed by atoms with Crippen LogP contribution in [0.4, 0.5) is 24.5 Å². The SMILES string of the molecule is CC1CCN(c2ccc(NC(=O)c3ccc(Cl)cc3)cc2C(=O)O)CC1.O=C(O)C(F)(F)F. The van der Waals surface area contributed by atoms with E-state index in [2.05, 4.69) is 17.1 Å². The molecule has 1 heterocycles. The second kappa shape index (κ2) is 11.0. The largest absolute Gasteiger partial charge is 0.490 e. The Kier molecular flexibility index (Phi) is 8.69. The Balaban J connectivity index is 0.000000479. The molecule has 1 saturated heterocycles. The molecule has 3 rings (SSSR count). The van der Waals surface area contributed by atoms with Gasteiger partial charge in [0.25, 0.3) is 5.91 Å². The molecule has 3 N–H and O–H groups in total. The fraction of sp³-hybridized carbons (Fsp3) is 0.318. The summed E-state index contributed by atoms with van der Waals surface area (Å²) in [5, 5.41) is 20.0. The van der Waals surface area contributed by atoms with Crippen LogP contribution >= 0.6 is 11.6 Å². The Hall–Kier alpha value is -3.27. The van der Waals surface area contributed by atoms with Crippen LogP contribution in [0.3, 0.4) is 0 Å². The van der Waals surface area contributed by atoms with E-state index in [0.29, 0.717) is 27.9 Å². The van der Waals surface area contributed by atoms with E-state index in [1.807, 2.05) is 0 Å². The van der Waals surface area contributed by atoms with Crippen LogP contribution in [-0.4, -0.2) is 47.3 Å². The molecule has 2 aromatic carbocycles. The molecular weight excluding hydrogens is 465 g/mol.